The quantitative estimate of drug-likeness (QED) is 0.579. The number of aromatic nitrogens is 1. The van der Waals surface area contributed by atoms with Crippen LogP contribution in [0.1, 0.15) is 18.2 Å². The topological polar surface area (TPSA) is 88.3 Å². The van der Waals surface area contributed by atoms with Gasteiger partial charge in [-0.1, -0.05) is 12.2 Å². The maximum absolute atomic E-state index is 11.6. The molecule has 1 aliphatic rings. The van der Waals surface area contributed by atoms with E-state index in [-0.39, 0.29) is 23.3 Å². The van der Waals surface area contributed by atoms with Crippen LogP contribution in [-0.2, 0) is 9.59 Å². The summed E-state index contributed by atoms with van der Waals surface area (Å²) >= 11 is 4.94. The van der Waals surface area contributed by atoms with E-state index in [9.17, 15) is 9.59 Å². The van der Waals surface area contributed by atoms with E-state index in [1.54, 1.807) is 24.0 Å². The third kappa shape index (κ3) is 2.70. The highest BCUT2D eigenvalue weighted by Crippen LogP contribution is 2.19. The van der Waals surface area contributed by atoms with Crippen molar-refractivity contribution >= 4 is 34.8 Å². The summed E-state index contributed by atoms with van der Waals surface area (Å²) in [4.78, 5) is 29.3. The fourth-order valence-electron chi connectivity index (χ4n) is 1.93. The Morgan fingerprint density at radius 1 is 1.53 bits per heavy atom. The molecule has 1 saturated heterocycles. The Labute approximate surface area is 116 Å². The zero-order valence-electron chi connectivity index (χ0n) is 10.6. The summed E-state index contributed by atoms with van der Waals surface area (Å²) in [7, 11) is 0. The average Bonchev–Trinajstić information content (AvgIpc) is 2.32. The molecule has 1 unspecified atom stereocenters. The summed E-state index contributed by atoms with van der Waals surface area (Å²) in [5.74, 6) is -0.154. The van der Waals surface area contributed by atoms with Gasteiger partial charge in [-0.15, -0.1) is 0 Å². The number of hydrogen-bond acceptors (Lipinski definition) is 5. The first-order valence-corrected chi connectivity index (χ1v) is 6.18. The molecule has 2 heterocycles. The molecule has 0 radical (unpaired) electrons. The molecule has 1 aromatic rings. The van der Waals surface area contributed by atoms with Crippen LogP contribution in [0.15, 0.2) is 12.1 Å². The van der Waals surface area contributed by atoms with Gasteiger partial charge in [0, 0.05) is 11.3 Å². The van der Waals surface area contributed by atoms with Crippen molar-refractivity contribution in [3.8, 4) is 0 Å². The predicted octanol–water partition coefficient (Wildman–Crippen LogP) is -0.124. The van der Waals surface area contributed by atoms with Crippen LogP contribution in [0.5, 0.6) is 0 Å². The number of aryl methyl sites for hydroxylation is 1. The van der Waals surface area contributed by atoms with Gasteiger partial charge in [-0.05, 0) is 26.0 Å². The summed E-state index contributed by atoms with van der Waals surface area (Å²) in [6, 6.07) is 2.99. The fourth-order valence-corrected chi connectivity index (χ4v) is 2.05. The number of nitrogens with one attached hydrogen (secondary N) is 1. The van der Waals surface area contributed by atoms with E-state index in [1.807, 2.05) is 6.92 Å². The van der Waals surface area contributed by atoms with Crippen molar-refractivity contribution in [2.45, 2.75) is 19.9 Å². The van der Waals surface area contributed by atoms with Crippen LogP contribution in [0.2, 0.25) is 0 Å². The zero-order valence-corrected chi connectivity index (χ0v) is 11.5. The lowest BCUT2D eigenvalue weighted by Gasteiger charge is -2.32. The van der Waals surface area contributed by atoms with Crippen LogP contribution in [0.25, 0.3) is 0 Å². The maximum atomic E-state index is 11.6. The molecule has 1 aliphatic heterocycles. The molecule has 100 valence electrons. The first kappa shape index (κ1) is 13.4. The van der Waals surface area contributed by atoms with Gasteiger partial charge in [0.25, 0.3) is 0 Å². The molecule has 0 saturated carbocycles. The van der Waals surface area contributed by atoms with Gasteiger partial charge in [0.1, 0.15) is 16.8 Å². The second kappa shape index (κ2) is 4.93. The number of carbonyl (C=O) groups excluding carboxylic acids is 2. The number of carbonyl (C=O) groups is 2. The number of piperazine rings is 1. The van der Waals surface area contributed by atoms with Crippen molar-refractivity contribution in [3.63, 3.8) is 0 Å². The second-order valence-electron chi connectivity index (χ2n) is 4.44. The number of thiocarbonyl (C=S) groups is 1. The smallest absolute Gasteiger partial charge is 0.249 e. The van der Waals surface area contributed by atoms with E-state index in [4.69, 9.17) is 18.0 Å². The lowest BCUT2D eigenvalue weighted by Crippen LogP contribution is -2.57. The molecule has 1 fully saturated rings. The minimum absolute atomic E-state index is 0.0835. The van der Waals surface area contributed by atoms with E-state index in [1.165, 1.54) is 0 Å². The Balaban J connectivity index is 2.42. The molecular weight excluding hydrogens is 264 g/mol. The molecule has 3 N–H and O–H groups in total. The summed E-state index contributed by atoms with van der Waals surface area (Å²) in [5, 5.41) is 2.28. The van der Waals surface area contributed by atoms with E-state index in [0.29, 0.717) is 11.4 Å². The van der Waals surface area contributed by atoms with Crippen LogP contribution in [0.3, 0.4) is 0 Å². The highest BCUT2D eigenvalue weighted by Gasteiger charge is 2.31. The molecule has 1 aromatic heterocycles. The van der Waals surface area contributed by atoms with Crippen molar-refractivity contribution in [3.05, 3.63) is 23.4 Å². The summed E-state index contributed by atoms with van der Waals surface area (Å²) in [5.41, 5.74) is 7.01. The Bertz CT molecular complexity index is 573. The molecule has 0 spiro atoms. The highest BCUT2D eigenvalue weighted by molar-refractivity contribution is 7.80. The van der Waals surface area contributed by atoms with Crippen LogP contribution in [0.4, 0.5) is 5.82 Å². The monoisotopic (exact) mass is 278 g/mol. The molecule has 0 aromatic carbocycles. The van der Waals surface area contributed by atoms with Gasteiger partial charge in [0.2, 0.25) is 11.8 Å². The molecular formula is C12H14N4O2S. The first-order valence-electron chi connectivity index (χ1n) is 5.77. The second-order valence-corrected chi connectivity index (χ2v) is 4.88. The summed E-state index contributed by atoms with van der Waals surface area (Å²) in [6.45, 7) is 3.61. The molecule has 0 bridgehead atoms. The van der Waals surface area contributed by atoms with Crippen LogP contribution < -0.4 is 16.0 Å². The van der Waals surface area contributed by atoms with E-state index in [0.717, 1.165) is 5.69 Å². The number of imide groups is 1. The Hall–Kier alpha value is -2.02. The Morgan fingerprint density at radius 3 is 2.84 bits per heavy atom. The molecule has 2 amide bonds. The third-order valence-corrected chi connectivity index (χ3v) is 3.18. The minimum Gasteiger partial charge on any atom is -0.389 e. The third-order valence-electron chi connectivity index (χ3n) is 2.94. The molecule has 6 nitrogen and oxygen atoms in total. The van der Waals surface area contributed by atoms with E-state index in [2.05, 4.69) is 10.3 Å². The number of amides is 2. The van der Waals surface area contributed by atoms with Crippen LogP contribution >= 0.6 is 12.2 Å². The number of anilines is 1. The molecule has 2 rings (SSSR count). The lowest BCUT2D eigenvalue weighted by molar-refractivity contribution is -0.132. The Kier molecular flexibility index (Phi) is 3.48. The first-order chi connectivity index (χ1) is 8.88. The fraction of sp³-hybridized carbons (Fsp3) is 0.333. The van der Waals surface area contributed by atoms with Gasteiger partial charge in [0.15, 0.2) is 0 Å². The molecule has 0 aliphatic carbocycles. The van der Waals surface area contributed by atoms with Crippen molar-refractivity contribution in [1.82, 2.24) is 10.3 Å². The molecule has 1 atom stereocenters. The molecule has 7 heteroatoms. The minimum atomic E-state index is -0.466. The largest absolute Gasteiger partial charge is 0.389 e. The number of nitrogens with two attached hydrogens (primary N) is 1. The standard InChI is InChI=1S/C12H14N4O2S/c1-6-3-8(11(13)19)4-9(14-6)16-5-10(17)15-12(18)7(16)2/h3-4,7H,5H2,1-2H3,(H2,13,19)(H,15,17,18). The van der Waals surface area contributed by atoms with Crippen molar-refractivity contribution in [2.24, 2.45) is 5.73 Å². The maximum Gasteiger partial charge on any atom is 0.249 e. The van der Waals surface area contributed by atoms with Gasteiger partial charge in [-0.3, -0.25) is 14.9 Å². The highest BCUT2D eigenvalue weighted by atomic mass is 32.1. The Morgan fingerprint density at radius 2 is 2.21 bits per heavy atom. The number of pyridine rings is 1. The van der Waals surface area contributed by atoms with Crippen molar-refractivity contribution < 1.29 is 9.59 Å². The number of nitrogens with zero attached hydrogens (tertiary/aromatic N) is 2. The van der Waals surface area contributed by atoms with Gasteiger partial charge in [-0.25, -0.2) is 4.98 Å². The van der Waals surface area contributed by atoms with Crippen LogP contribution in [-0.4, -0.2) is 34.4 Å². The number of hydrogen-bond donors (Lipinski definition) is 2. The zero-order chi connectivity index (χ0) is 14.2. The lowest BCUT2D eigenvalue weighted by atomic mass is 10.1. The SMILES string of the molecule is Cc1cc(C(N)=S)cc(N2CC(=O)NC(=O)C2C)n1. The summed E-state index contributed by atoms with van der Waals surface area (Å²) < 4.78 is 0. The van der Waals surface area contributed by atoms with Crippen molar-refractivity contribution in [2.75, 3.05) is 11.4 Å². The number of rotatable bonds is 2. The van der Waals surface area contributed by atoms with Gasteiger partial charge in [-0.2, -0.15) is 0 Å². The van der Waals surface area contributed by atoms with Crippen LogP contribution in [0, 0.1) is 6.92 Å². The summed E-state index contributed by atoms with van der Waals surface area (Å²) in [6.07, 6.45) is 0. The average molecular weight is 278 g/mol. The normalized spacial score (nSPS) is 19.3. The van der Waals surface area contributed by atoms with Crippen molar-refractivity contribution in [1.29, 1.82) is 0 Å². The predicted molar refractivity (Wildman–Crippen MR) is 74.8 cm³/mol. The van der Waals surface area contributed by atoms with E-state index < -0.39 is 6.04 Å². The van der Waals surface area contributed by atoms with Gasteiger partial charge in [0.05, 0.1) is 6.54 Å². The molecule has 19 heavy (non-hydrogen) atoms. The van der Waals surface area contributed by atoms with E-state index >= 15 is 0 Å². The van der Waals surface area contributed by atoms with Gasteiger partial charge < -0.3 is 10.6 Å². The van der Waals surface area contributed by atoms with Gasteiger partial charge >= 0.3 is 0 Å².